The van der Waals surface area contributed by atoms with Gasteiger partial charge < -0.3 is 9.47 Å². The van der Waals surface area contributed by atoms with Crippen LogP contribution in [0.15, 0.2) is 0 Å². The first-order chi connectivity index (χ1) is 7.47. The van der Waals surface area contributed by atoms with E-state index < -0.39 is 30.6 Å². The van der Waals surface area contributed by atoms with Crippen LogP contribution in [0.2, 0.25) is 0 Å². The molecule has 0 aromatic heterocycles. The summed E-state index contributed by atoms with van der Waals surface area (Å²) in [5.41, 5.74) is 9.21. The molecule has 2 fully saturated rings. The lowest BCUT2D eigenvalue weighted by Gasteiger charge is -2.23. The minimum Gasteiger partial charge on any atom is -0.350 e. The van der Waals surface area contributed by atoms with E-state index in [2.05, 4.69) is 5.32 Å². The number of nitrogens with zero attached hydrogens (tertiary/aromatic N) is 1. The molecule has 1 N–H and O–H groups in total. The van der Waals surface area contributed by atoms with Crippen LogP contribution in [0.1, 0.15) is 12.8 Å². The van der Waals surface area contributed by atoms with Gasteiger partial charge in [-0.05, 0) is 6.42 Å². The molecule has 0 aromatic carbocycles. The van der Waals surface area contributed by atoms with E-state index in [0.29, 0.717) is 13.2 Å². The number of hydrogen-bond acceptors (Lipinski definition) is 3. The molecule has 92 valence electrons. The molecule has 7 heteroatoms. The maximum atomic E-state index is 12.6. The van der Waals surface area contributed by atoms with Crippen LogP contribution in [-0.4, -0.2) is 37.9 Å². The summed E-state index contributed by atoms with van der Waals surface area (Å²) in [6, 6.07) is -0.835. The zero-order chi connectivity index (χ0) is 11.8. The summed E-state index contributed by atoms with van der Waals surface area (Å²) in [6.45, 7) is 0.827. The summed E-state index contributed by atoms with van der Waals surface area (Å²) < 4.78 is 48.1. The van der Waals surface area contributed by atoms with Gasteiger partial charge in [-0.2, -0.15) is 13.2 Å². The SMILES string of the molecule is [N][C@@H]1C[C@@H](C(F)(F)F)C(CC2OCCO2)N1. The number of rotatable bonds is 2. The molecular formula is C9H13F3N2O2. The van der Waals surface area contributed by atoms with Crippen LogP contribution in [0.4, 0.5) is 13.2 Å². The second-order valence-electron chi connectivity index (χ2n) is 4.08. The summed E-state index contributed by atoms with van der Waals surface area (Å²) in [4.78, 5) is 0. The molecule has 1 unspecified atom stereocenters. The molecule has 0 aromatic rings. The van der Waals surface area contributed by atoms with Crippen LogP contribution in [0.5, 0.6) is 0 Å². The maximum absolute atomic E-state index is 12.6. The summed E-state index contributed by atoms with van der Waals surface area (Å²) in [6.07, 6.45) is -6.18. The minimum absolute atomic E-state index is 0.112. The number of halogens is 3. The van der Waals surface area contributed by atoms with Gasteiger partial charge in [-0.3, -0.25) is 5.32 Å². The molecule has 2 radical (unpaired) electrons. The Kier molecular flexibility index (Phi) is 3.39. The van der Waals surface area contributed by atoms with E-state index in [0.717, 1.165) is 0 Å². The van der Waals surface area contributed by atoms with E-state index in [4.69, 9.17) is 9.47 Å². The van der Waals surface area contributed by atoms with Gasteiger partial charge in [0.2, 0.25) is 0 Å². The van der Waals surface area contributed by atoms with Crippen molar-refractivity contribution in [2.24, 2.45) is 5.92 Å². The molecule has 16 heavy (non-hydrogen) atoms. The molecule has 2 aliphatic rings. The van der Waals surface area contributed by atoms with Crippen molar-refractivity contribution in [1.29, 1.82) is 0 Å². The minimum atomic E-state index is -4.30. The van der Waals surface area contributed by atoms with Gasteiger partial charge in [0.15, 0.2) is 6.29 Å². The Hall–Kier alpha value is -0.370. The van der Waals surface area contributed by atoms with Crippen molar-refractivity contribution in [1.82, 2.24) is 11.1 Å². The quantitative estimate of drug-likeness (QED) is 0.769. The normalized spacial score (nSPS) is 37.1. The van der Waals surface area contributed by atoms with Crippen molar-refractivity contribution in [2.45, 2.75) is 37.5 Å². The molecule has 0 saturated carbocycles. The molecule has 0 aliphatic carbocycles. The Labute approximate surface area is 91.3 Å². The van der Waals surface area contributed by atoms with Crippen LogP contribution in [0.3, 0.4) is 0 Å². The lowest BCUT2D eigenvalue weighted by Crippen LogP contribution is -2.39. The fourth-order valence-corrected chi connectivity index (χ4v) is 2.18. The molecule has 0 amide bonds. The molecule has 0 spiro atoms. The Bertz CT molecular complexity index is 243. The van der Waals surface area contributed by atoms with E-state index in [1.807, 2.05) is 0 Å². The Morgan fingerprint density at radius 3 is 2.44 bits per heavy atom. The van der Waals surface area contributed by atoms with E-state index in [-0.39, 0.29) is 12.8 Å². The maximum Gasteiger partial charge on any atom is 0.393 e. The van der Waals surface area contributed by atoms with Gasteiger partial charge in [0.05, 0.1) is 25.3 Å². The van der Waals surface area contributed by atoms with Crippen LogP contribution in [-0.2, 0) is 9.47 Å². The Morgan fingerprint density at radius 2 is 1.88 bits per heavy atom. The first kappa shape index (κ1) is 12.1. The molecule has 2 saturated heterocycles. The van der Waals surface area contributed by atoms with Crippen molar-refractivity contribution in [3.8, 4) is 0 Å². The van der Waals surface area contributed by atoms with Crippen LogP contribution >= 0.6 is 0 Å². The smallest absolute Gasteiger partial charge is 0.350 e. The van der Waals surface area contributed by atoms with Gasteiger partial charge in [-0.25, -0.2) is 0 Å². The van der Waals surface area contributed by atoms with Crippen molar-refractivity contribution >= 4 is 0 Å². The van der Waals surface area contributed by atoms with Gasteiger partial charge >= 0.3 is 6.18 Å². The van der Waals surface area contributed by atoms with Crippen LogP contribution in [0.25, 0.3) is 0 Å². The van der Waals surface area contributed by atoms with Crippen molar-refractivity contribution < 1.29 is 22.6 Å². The number of nitrogens with one attached hydrogen (secondary N) is 1. The van der Waals surface area contributed by atoms with Crippen LogP contribution < -0.4 is 11.1 Å². The van der Waals surface area contributed by atoms with Crippen molar-refractivity contribution in [3.05, 3.63) is 0 Å². The zero-order valence-electron chi connectivity index (χ0n) is 8.54. The summed E-state index contributed by atoms with van der Waals surface area (Å²) >= 11 is 0. The summed E-state index contributed by atoms with van der Waals surface area (Å²) in [5.74, 6) is -1.53. The fraction of sp³-hybridized carbons (Fsp3) is 1.00. The highest BCUT2D eigenvalue weighted by molar-refractivity contribution is 4.92. The highest BCUT2D eigenvalue weighted by atomic mass is 19.4. The van der Waals surface area contributed by atoms with E-state index in [9.17, 15) is 18.9 Å². The standard InChI is InChI=1S/C9H13F3N2O2/c10-9(11,12)5-3-7(13)14-6(5)4-8-15-1-2-16-8/h5-8,14H,1-4H2/t5-,6?,7+/m1/s1. The summed E-state index contributed by atoms with van der Waals surface area (Å²) in [7, 11) is 0. The monoisotopic (exact) mass is 238 g/mol. The molecule has 4 nitrogen and oxygen atoms in total. The van der Waals surface area contributed by atoms with Gasteiger partial charge in [-0.1, -0.05) is 0 Å². The number of hydrogen-bond donors (Lipinski definition) is 1. The van der Waals surface area contributed by atoms with Crippen LogP contribution in [0, 0.1) is 5.92 Å². The molecule has 0 bridgehead atoms. The molecular weight excluding hydrogens is 225 g/mol. The van der Waals surface area contributed by atoms with Gasteiger partial charge in [0.1, 0.15) is 0 Å². The third kappa shape index (κ3) is 2.65. The highest BCUT2D eigenvalue weighted by Crippen LogP contribution is 2.37. The third-order valence-corrected chi connectivity index (χ3v) is 2.93. The fourth-order valence-electron chi connectivity index (χ4n) is 2.18. The lowest BCUT2D eigenvalue weighted by molar-refractivity contribution is -0.181. The first-order valence-electron chi connectivity index (χ1n) is 5.21. The molecule has 2 aliphatic heterocycles. The second-order valence-corrected chi connectivity index (χ2v) is 4.08. The molecule has 2 heterocycles. The van der Waals surface area contributed by atoms with E-state index in [1.165, 1.54) is 0 Å². The Balaban J connectivity index is 1.95. The predicted molar refractivity (Wildman–Crippen MR) is 47.3 cm³/mol. The third-order valence-electron chi connectivity index (χ3n) is 2.93. The van der Waals surface area contributed by atoms with Crippen molar-refractivity contribution in [2.75, 3.05) is 13.2 Å². The topological polar surface area (TPSA) is 52.8 Å². The van der Waals surface area contributed by atoms with E-state index in [1.54, 1.807) is 0 Å². The average molecular weight is 238 g/mol. The highest BCUT2D eigenvalue weighted by Gasteiger charge is 2.50. The second kappa shape index (κ2) is 4.48. The average Bonchev–Trinajstić information content (AvgIpc) is 2.74. The van der Waals surface area contributed by atoms with Crippen molar-refractivity contribution in [3.63, 3.8) is 0 Å². The predicted octanol–water partition coefficient (Wildman–Crippen LogP) is 0.685. The summed E-state index contributed by atoms with van der Waals surface area (Å²) in [5, 5.41) is 2.51. The number of ether oxygens (including phenoxy) is 2. The Morgan fingerprint density at radius 1 is 1.25 bits per heavy atom. The number of alkyl halides is 3. The first-order valence-corrected chi connectivity index (χ1v) is 5.21. The molecule has 3 atom stereocenters. The van der Waals surface area contributed by atoms with E-state index >= 15 is 0 Å². The van der Waals surface area contributed by atoms with Gasteiger partial charge in [-0.15, -0.1) is 5.73 Å². The van der Waals surface area contributed by atoms with Gasteiger partial charge in [0, 0.05) is 12.5 Å². The zero-order valence-corrected chi connectivity index (χ0v) is 8.54. The molecule has 2 rings (SSSR count). The largest absolute Gasteiger partial charge is 0.393 e. The van der Waals surface area contributed by atoms with Gasteiger partial charge in [0.25, 0.3) is 0 Å². The lowest BCUT2D eigenvalue weighted by atomic mass is 9.97.